The van der Waals surface area contributed by atoms with Crippen molar-refractivity contribution in [3.05, 3.63) is 18.2 Å². The minimum Gasteiger partial charge on any atom is -0.482 e. The van der Waals surface area contributed by atoms with Crippen molar-refractivity contribution >= 4 is 27.5 Å². The van der Waals surface area contributed by atoms with Crippen LogP contribution in [0.25, 0.3) is 0 Å². The van der Waals surface area contributed by atoms with Crippen LogP contribution in [0.2, 0.25) is 0 Å². The van der Waals surface area contributed by atoms with Gasteiger partial charge in [-0.25, -0.2) is 0 Å². The van der Waals surface area contributed by atoms with Gasteiger partial charge in [-0.1, -0.05) is 0 Å². The van der Waals surface area contributed by atoms with E-state index in [1.165, 1.54) is 13.5 Å². The number of fused-ring (bicyclic) bond motifs is 1. The number of β-amino-alcohol motifs (C(OH)–C–C–N with tert-alkyl or cyclic N) is 1. The maximum atomic E-state index is 13.1. The first-order valence-corrected chi connectivity index (χ1v) is 10.5. The quantitative estimate of drug-likeness (QED) is 0.658. The predicted molar refractivity (Wildman–Crippen MR) is 99.9 cm³/mol. The topological polar surface area (TPSA) is 117 Å². The SMILES string of the molecule is N#CN1CC[C@@H](N2CCN(c3ccc4c(c3)N(CCO)C(=O)CO4)S2(=O)=O)C1. The molecule has 10 nitrogen and oxygen atoms in total. The lowest BCUT2D eigenvalue weighted by atomic mass is 10.2. The number of carbonyl (C=O) groups is 1. The van der Waals surface area contributed by atoms with Gasteiger partial charge in [-0.15, -0.1) is 0 Å². The van der Waals surface area contributed by atoms with Crippen LogP contribution in [-0.4, -0.2) is 80.6 Å². The third kappa shape index (κ3) is 3.03. The van der Waals surface area contributed by atoms with Crippen molar-refractivity contribution in [1.82, 2.24) is 9.21 Å². The average molecular weight is 407 g/mol. The van der Waals surface area contributed by atoms with Crippen LogP contribution in [0.1, 0.15) is 6.42 Å². The van der Waals surface area contributed by atoms with Crippen LogP contribution >= 0.6 is 0 Å². The first kappa shape index (κ1) is 18.8. The Bertz CT molecular complexity index is 930. The molecule has 2 fully saturated rings. The first-order chi connectivity index (χ1) is 13.5. The summed E-state index contributed by atoms with van der Waals surface area (Å²) in [6, 6.07) is 4.69. The monoisotopic (exact) mass is 407 g/mol. The largest absolute Gasteiger partial charge is 0.482 e. The summed E-state index contributed by atoms with van der Waals surface area (Å²) in [6.07, 6.45) is 2.69. The molecule has 0 radical (unpaired) electrons. The van der Waals surface area contributed by atoms with Crippen molar-refractivity contribution in [3.8, 4) is 11.9 Å². The van der Waals surface area contributed by atoms with E-state index in [-0.39, 0.29) is 31.7 Å². The number of nitrogens with zero attached hydrogens (tertiary/aromatic N) is 5. The molecule has 4 rings (SSSR count). The molecule has 1 N–H and O–H groups in total. The van der Waals surface area contributed by atoms with Crippen molar-refractivity contribution in [1.29, 1.82) is 5.26 Å². The van der Waals surface area contributed by atoms with Crippen LogP contribution in [0.3, 0.4) is 0 Å². The number of amides is 1. The van der Waals surface area contributed by atoms with Crippen LogP contribution in [0.15, 0.2) is 18.2 Å². The van der Waals surface area contributed by atoms with Gasteiger partial charge in [0.15, 0.2) is 12.8 Å². The molecule has 2 saturated heterocycles. The van der Waals surface area contributed by atoms with E-state index < -0.39 is 10.2 Å². The molecule has 3 aliphatic heterocycles. The standard InChI is InChI=1S/C17H21N5O5S/c18-12-19-4-3-14(10-19)22-6-5-21(28(22,25)26)13-1-2-16-15(9-13)20(7-8-23)17(24)11-27-16/h1-2,9,14,23H,3-8,10-11H2/t14-/m1/s1. The summed E-state index contributed by atoms with van der Waals surface area (Å²) in [5.74, 6) is 0.192. The lowest BCUT2D eigenvalue weighted by Crippen LogP contribution is -2.42. The van der Waals surface area contributed by atoms with Gasteiger partial charge in [-0.3, -0.25) is 9.10 Å². The van der Waals surface area contributed by atoms with Gasteiger partial charge >= 0.3 is 10.2 Å². The number of aliphatic hydroxyl groups excluding tert-OH is 1. The highest BCUT2D eigenvalue weighted by Crippen LogP contribution is 2.38. The summed E-state index contributed by atoms with van der Waals surface area (Å²) < 4.78 is 34.4. The van der Waals surface area contributed by atoms with E-state index in [2.05, 4.69) is 6.19 Å². The molecule has 0 unspecified atom stereocenters. The van der Waals surface area contributed by atoms with Gasteiger partial charge in [0.25, 0.3) is 5.91 Å². The Morgan fingerprint density at radius 2 is 2.11 bits per heavy atom. The van der Waals surface area contributed by atoms with Gasteiger partial charge in [0.05, 0.1) is 18.0 Å². The van der Waals surface area contributed by atoms with Gasteiger partial charge in [0.2, 0.25) is 0 Å². The molecule has 150 valence electrons. The Kier molecular flexibility index (Phi) is 4.78. The molecule has 1 amide bonds. The Morgan fingerprint density at radius 3 is 2.82 bits per heavy atom. The van der Waals surface area contributed by atoms with Crippen molar-refractivity contribution in [2.24, 2.45) is 0 Å². The second kappa shape index (κ2) is 7.12. The van der Waals surface area contributed by atoms with E-state index >= 15 is 0 Å². The van der Waals surface area contributed by atoms with E-state index in [1.807, 2.05) is 0 Å². The maximum absolute atomic E-state index is 13.1. The molecule has 28 heavy (non-hydrogen) atoms. The Balaban J connectivity index is 1.62. The molecule has 0 bridgehead atoms. The van der Waals surface area contributed by atoms with Gasteiger partial charge in [0.1, 0.15) is 5.75 Å². The fraction of sp³-hybridized carbons (Fsp3) is 0.529. The Morgan fingerprint density at radius 1 is 1.29 bits per heavy atom. The van der Waals surface area contributed by atoms with E-state index in [0.29, 0.717) is 49.7 Å². The van der Waals surface area contributed by atoms with E-state index in [4.69, 9.17) is 10.00 Å². The zero-order valence-corrected chi connectivity index (χ0v) is 16.0. The van der Waals surface area contributed by atoms with Gasteiger partial charge in [0, 0.05) is 38.8 Å². The molecule has 0 aromatic heterocycles. The summed E-state index contributed by atoms with van der Waals surface area (Å²) in [5.41, 5.74) is 0.894. The average Bonchev–Trinajstić information content (AvgIpc) is 3.27. The molecular formula is C17H21N5O5S. The van der Waals surface area contributed by atoms with E-state index in [1.54, 1.807) is 23.1 Å². The number of anilines is 2. The third-order valence-corrected chi connectivity index (χ3v) is 7.33. The molecular weight excluding hydrogens is 386 g/mol. The number of ether oxygens (including phenoxy) is 1. The highest BCUT2D eigenvalue weighted by molar-refractivity contribution is 7.90. The number of nitriles is 1. The number of hydrogen-bond donors (Lipinski definition) is 1. The Labute approximate surface area is 163 Å². The summed E-state index contributed by atoms with van der Waals surface area (Å²) in [4.78, 5) is 15.1. The minimum atomic E-state index is -3.73. The van der Waals surface area contributed by atoms with Crippen molar-refractivity contribution < 1.29 is 23.1 Å². The number of likely N-dealkylation sites (tertiary alicyclic amines) is 1. The van der Waals surface area contributed by atoms with Gasteiger partial charge in [-0.2, -0.15) is 18.0 Å². The lowest BCUT2D eigenvalue weighted by molar-refractivity contribution is -0.121. The minimum absolute atomic E-state index is 0.112. The fourth-order valence-electron chi connectivity index (χ4n) is 3.94. The summed E-state index contributed by atoms with van der Waals surface area (Å²) in [5, 5.41) is 18.3. The molecule has 1 aromatic rings. The maximum Gasteiger partial charge on any atom is 0.304 e. The van der Waals surface area contributed by atoms with Crippen molar-refractivity contribution in [2.75, 3.05) is 55.1 Å². The van der Waals surface area contributed by atoms with Crippen LogP contribution < -0.4 is 13.9 Å². The molecule has 1 atom stereocenters. The van der Waals surface area contributed by atoms with Crippen LogP contribution in [0.5, 0.6) is 5.75 Å². The number of rotatable bonds is 4. The molecule has 3 heterocycles. The van der Waals surface area contributed by atoms with Crippen LogP contribution in [-0.2, 0) is 15.0 Å². The summed E-state index contributed by atoms with van der Waals surface area (Å²) in [6.45, 7) is 1.39. The van der Waals surface area contributed by atoms with E-state index in [0.717, 1.165) is 0 Å². The number of hydrogen-bond acceptors (Lipinski definition) is 7. The Hall–Kier alpha value is -2.55. The zero-order valence-electron chi connectivity index (χ0n) is 15.2. The van der Waals surface area contributed by atoms with Crippen molar-refractivity contribution in [2.45, 2.75) is 12.5 Å². The molecule has 0 saturated carbocycles. The lowest BCUT2D eigenvalue weighted by Gasteiger charge is -2.30. The predicted octanol–water partition coefficient (Wildman–Crippen LogP) is -0.674. The molecule has 0 aliphatic carbocycles. The smallest absolute Gasteiger partial charge is 0.304 e. The normalized spacial score (nSPS) is 24.2. The number of benzene rings is 1. The zero-order chi connectivity index (χ0) is 19.9. The molecule has 0 spiro atoms. The molecule has 3 aliphatic rings. The summed E-state index contributed by atoms with van der Waals surface area (Å²) >= 11 is 0. The van der Waals surface area contributed by atoms with Crippen LogP contribution in [0.4, 0.5) is 11.4 Å². The second-order valence-corrected chi connectivity index (χ2v) is 8.69. The number of aliphatic hydroxyl groups is 1. The number of carbonyl (C=O) groups excluding carboxylic acids is 1. The summed E-state index contributed by atoms with van der Waals surface area (Å²) in [7, 11) is -3.73. The van der Waals surface area contributed by atoms with E-state index in [9.17, 15) is 18.3 Å². The van der Waals surface area contributed by atoms with Gasteiger partial charge in [-0.05, 0) is 24.6 Å². The van der Waals surface area contributed by atoms with Crippen molar-refractivity contribution in [3.63, 3.8) is 0 Å². The third-order valence-electron chi connectivity index (χ3n) is 5.31. The first-order valence-electron chi connectivity index (χ1n) is 9.08. The highest BCUT2D eigenvalue weighted by atomic mass is 32.2. The van der Waals surface area contributed by atoms with Gasteiger partial charge < -0.3 is 19.6 Å². The second-order valence-electron chi connectivity index (χ2n) is 6.89. The highest BCUT2D eigenvalue weighted by Gasteiger charge is 2.43. The molecule has 11 heteroatoms. The van der Waals surface area contributed by atoms with Crippen LogP contribution in [0, 0.1) is 11.5 Å². The fourth-order valence-corrected chi connectivity index (χ4v) is 5.75. The molecule has 1 aromatic carbocycles.